The van der Waals surface area contributed by atoms with Crippen LogP contribution in [0.3, 0.4) is 0 Å². The summed E-state index contributed by atoms with van der Waals surface area (Å²) in [4.78, 5) is 2.39. The molecule has 0 aromatic rings. The number of nitrogens with one attached hydrogen (secondary N) is 1. The molecule has 1 aliphatic carbocycles. The van der Waals surface area contributed by atoms with E-state index in [2.05, 4.69) is 23.2 Å². The Labute approximate surface area is 92.4 Å². The van der Waals surface area contributed by atoms with Crippen molar-refractivity contribution in [3.8, 4) is 6.07 Å². The molecule has 1 heterocycles. The van der Waals surface area contributed by atoms with Crippen LogP contribution in [-0.4, -0.2) is 36.6 Å². The van der Waals surface area contributed by atoms with Crippen LogP contribution in [0.5, 0.6) is 0 Å². The van der Waals surface area contributed by atoms with Crippen LogP contribution in [0.2, 0.25) is 0 Å². The minimum absolute atomic E-state index is 0.210. The molecule has 1 N–H and O–H groups in total. The molecular weight excluding hydrogens is 186 g/mol. The first-order valence-electron chi connectivity index (χ1n) is 6.14. The highest BCUT2D eigenvalue weighted by Gasteiger charge is 2.41. The maximum Gasteiger partial charge on any atom is 0.109 e. The van der Waals surface area contributed by atoms with Gasteiger partial charge in [-0.2, -0.15) is 5.26 Å². The van der Waals surface area contributed by atoms with Gasteiger partial charge in [-0.05, 0) is 25.7 Å². The number of rotatable bonds is 2. The zero-order chi connectivity index (χ0) is 10.7. The molecule has 2 rings (SSSR count). The predicted molar refractivity (Wildman–Crippen MR) is 60.4 cm³/mol. The van der Waals surface area contributed by atoms with Crippen molar-refractivity contribution in [1.29, 1.82) is 5.26 Å². The quantitative estimate of drug-likeness (QED) is 0.743. The predicted octanol–water partition coefficient (Wildman–Crippen LogP) is 1.36. The highest BCUT2D eigenvalue weighted by molar-refractivity contribution is 5.10. The minimum Gasteiger partial charge on any atom is -0.314 e. The van der Waals surface area contributed by atoms with E-state index in [0.29, 0.717) is 5.92 Å². The molecular formula is C12H21N3. The maximum atomic E-state index is 9.49. The Morgan fingerprint density at radius 3 is 2.40 bits per heavy atom. The van der Waals surface area contributed by atoms with Crippen molar-refractivity contribution in [3.05, 3.63) is 0 Å². The van der Waals surface area contributed by atoms with Crippen LogP contribution >= 0.6 is 0 Å². The van der Waals surface area contributed by atoms with Crippen LogP contribution in [0.1, 0.15) is 32.6 Å². The van der Waals surface area contributed by atoms with Crippen molar-refractivity contribution < 1.29 is 0 Å². The van der Waals surface area contributed by atoms with Gasteiger partial charge in [0.15, 0.2) is 0 Å². The minimum atomic E-state index is -0.210. The average molecular weight is 207 g/mol. The lowest BCUT2D eigenvalue weighted by molar-refractivity contribution is 0.0830. The molecule has 0 aromatic carbocycles. The number of nitriles is 1. The summed E-state index contributed by atoms with van der Waals surface area (Å²) in [5, 5.41) is 12.8. The Morgan fingerprint density at radius 2 is 1.87 bits per heavy atom. The third-order valence-electron chi connectivity index (χ3n) is 4.15. The van der Waals surface area contributed by atoms with Crippen LogP contribution in [0, 0.1) is 17.2 Å². The molecule has 3 heteroatoms. The van der Waals surface area contributed by atoms with E-state index in [9.17, 15) is 5.26 Å². The van der Waals surface area contributed by atoms with Crippen molar-refractivity contribution in [2.24, 2.45) is 5.92 Å². The fourth-order valence-electron chi connectivity index (χ4n) is 3.04. The average Bonchev–Trinajstić information content (AvgIpc) is 2.83. The smallest absolute Gasteiger partial charge is 0.109 e. The van der Waals surface area contributed by atoms with E-state index < -0.39 is 0 Å². The largest absolute Gasteiger partial charge is 0.314 e. The van der Waals surface area contributed by atoms with Crippen LogP contribution in [0.15, 0.2) is 0 Å². The second-order valence-electron chi connectivity index (χ2n) is 4.98. The van der Waals surface area contributed by atoms with Crippen LogP contribution in [-0.2, 0) is 0 Å². The monoisotopic (exact) mass is 207 g/mol. The Hall–Kier alpha value is -0.590. The highest BCUT2D eigenvalue weighted by Crippen LogP contribution is 2.37. The lowest BCUT2D eigenvalue weighted by Crippen LogP contribution is -2.57. The van der Waals surface area contributed by atoms with Gasteiger partial charge in [-0.3, -0.25) is 4.90 Å². The first-order valence-corrected chi connectivity index (χ1v) is 6.14. The standard InChI is InChI=1S/C12H21N3/c1-12(10-13,11-4-2-3-5-11)15-8-6-14-7-9-15/h11,14H,2-9H2,1H3. The van der Waals surface area contributed by atoms with Gasteiger partial charge in [0, 0.05) is 26.2 Å². The van der Waals surface area contributed by atoms with Crippen molar-refractivity contribution in [2.45, 2.75) is 38.1 Å². The molecule has 0 aromatic heterocycles. The lowest BCUT2D eigenvalue weighted by Gasteiger charge is -2.42. The van der Waals surface area contributed by atoms with Crippen molar-refractivity contribution in [3.63, 3.8) is 0 Å². The van der Waals surface area contributed by atoms with E-state index in [-0.39, 0.29) is 5.54 Å². The zero-order valence-corrected chi connectivity index (χ0v) is 9.63. The molecule has 2 aliphatic rings. The Morgan fingerprint density at radius 1 is 1.27 bits per heavy atom. The SMILES string of the molecule is CC(C#N)(C1CCCC1)N1CCNCC1. The van der Waals surface area contributed by atoms with Crippen LogP contribution < -0.4 is 5.32 Å². The number of hydrogen-bond acceptors (Lipinski definition) is 3. The van der Waals surface area contributed by atoms with Crippen molar-refractivity contribution >= 4 is 0 Å². The number of hydrogen-bond donors (Lipinski definition) is 1. The molecule has 3 nitrogen and oxygen atoms in total. The van der Waals surface area contributed by atoms with E-state index in [4.69, 9.17) is 0 Å². The molecule has 15 heavy (non-hydrogen) atoms. The fourth-order valence-corrected chi connectivity index (χ4v) is 3.04. The molecule has 0 spiro atoms. The maximum absolute atomic E-state index is 9.49. The van der Waals surface area contributed by atoms with E-state index in [0.717, 1.165) is 26.2 Å². The summed E-state index contributed by atoms with van der Waals surface area (Å²) in [6.07, 6.45) is 5.12. The third-order valence-corrected chi connectivity index (χ3v) is 4.15. The molecule has 84 valence electrons. The summed E-state index contributed by atoms with van der Waals surface area (Å²) in [7, 11) is 0. The summed E-state index contributed by atoms with van der Waals surface area (Å²) in [5.41, 5.74) is -0.210. The second kappa shape index (κ2) is 4.51. The summed E-state index contributed by atoms with van der Waals surface area (Å²) >= 11 is 0. The van der Waals surface area contributed by atoms with Gasteiger partial charge < -0.3 is 5.32 Å². The van der Waals surface area contributed by atoms with Gasteiger partial charge in [-0.25, -0.2) is 0 Å². The highest BCUT2D eigenvalue weighted by atomic mass is 15.2. The summed E-state index contributed by atoms with van der Waals surface area (Å²) in [6, 6.07) is 2.59. The van der Waals surface area contributed by atoms with E-state index in [1.807, 2.05) is 0 Å². The molecule has 1 saturated carbocycles. The van der Waals surface area contributed by atoms with Crippen molar-refractivity contribution in [2.75, 3.05) is 26.2 Å². The molecule has 0 bridgehead atoms. The number of piperazine rings is 1. The first-order chi connectivity index (χ1) is 7.27. The first kappa shape index (κ1) is 10.9. The second-order valence-corrected chi connectivity index (χ2v) is 4.98. The molecule has 1 saturated heterocycles. The fraction of sp³-hybridized carbons (Fsp3) is 0.917. The van der Waals surface area contributed by atoms with Crippen LogP contribution in [0.4, 0.5) is 0 Å². The van der Waals surface area contributed by atoms with Gasteiger partial charge in [0.1, 0.15) is 5.54 Å². The van der Waals surface area contributed by atoms with Gasteiger partial charge in [0.05, 0.1) is 6.07 Å². The summed E-state index contributed by atoms with van der Waals surface area (Å²) in [6.45, 7) is 6.27. The van der Waals surface area contributed by atoms with E-state index in [1.54, 1.807) is 0 Å². The van der Waals surface area contributed by atoms with Gasteiger partial charge in [0.25, 0.3) is 0 Å². The van der Waals surface area contributed by atoms with Gasteiger partial charge in [0.2, 0.25) is 0 Å². The lowest BCUT2D eigenvalue weighted by atomic mass is 9.83. The summed E-state index contributed by atoms with van der Waals surface area (Å²) in [5.74, 6) is 0.598. The number of nitrogens with zero attached hydrogens (tertiary/aromatic N) is 2. The normalized spacial score (nSPS) is 28.5. The molecule has 1 atom stereocenters. The van der Waals surface area contributed by atoms with Crippen LogP contribution in [0.25, 0.3) is 0 Å². The topological polar surface area (TPSA) is 39.1 Å². The Kier molecular flexibility index (Phi) is 3.28. The van der Waals surface area contributed by atoms with Crippen molar-refractivity contribution in [1.82, 2.24) is 10.2 Å². The zero-order valence-electron chi connectivity index (χ0n) is 9.63. The Balaban J connectivity index is 2.08. The van der Waals surface area contributed by atoms with Gasteiger partial charge >= 0.3 is 0 Å². The molecule has 0 amide bonds. The van der Waals surface area contributed by atoms with Gasteiger partial charge in [-0.15, -0.1) is 0 Å². The molecule has 2 fully saturated rings. The Bertz CT molecular complexity index is 246. The van der Waals surface area contributed by atoms with Gasteiger partial charge in [-0.1, -0.05) is 12.8 Å². The van der Waals surface area contributed by atoms with E-state index >= 15 is 0 Å². The summed E-state index contributed by atoms with van der Waals surface area (Å²) < 4.78 is 0. The molecule has 1 aliphatic heterocycles. The third kappa shape index (κ3) is 2.02. The molecule has 1 unspecified atom stereocenters. The molecule has 0 radical (unpaired) electrons. The van der Waals surface area contributed by atoms with E-state index in [1.165, 1.54) is 25.7 Å².